The summed E-state index contributed by atoms with van der Waals surface area (Å²) in [4.78, 5) is 15.8. The smallest absolute Gasteiger partial charge is 0.280 e. The summed E-state index contributed by atoms with van der Waals surface area (Å²) in [5, 5.41) is 14.1. The summed E-state index contributed by atoms with van der Waals surface area (Å²) in [5.41, 5.74) is 3.75. The van der Waals surface area contributed by atoms with Crippen molar-refractivity contribution in [2.24, 2.45) is 17.0 Å². The zero-order valence-corrected chi connectivity index (χ0v) is 14.5. The number of rotatable bonds is 1. The molecule has 5 rings (SSSR count). The molecule has 5 nitrogen and oxygen atoms in total. The summed E-state index contributed by atoms with van der Waals surface area (Å²) < 4.78 is 1.85. The van der Waals surface area contributed by atoms with Gasteiger partial charge in [0.2, 0.25) is 0 Å². The van der Waals surface area contributed by atoms with Crippen LogP contribution in [-0.2, 0) is 6.42 Å². The lowest BCUT2D eigenvalue weighted by Gasteiger charge is -2.46. The Morgan fingerprint density at radius 1 is 1.32 bits per heavy atom. The zero-order chi connectivity index (χ0) is 17.1. The van der Waals surface area contributed by atoms with Crippen LogP contribution in [0.25, 0.3) is 10.9 Å². The SMILES string of the molecule is CC[C@H]1C[C@@H]2C/C(=N/O)C(=O)n3c4c(c5ccccc53)CCN(C1)[C@@H]42. The van der Waals surface area contributed by atoms with Crippen molar-refractivity contribution in [3.05, 3.63) is 35.5 Å². The Morgan fingerprint density at radius 2 is 2.16 bits per heavy atom. The molecule has 25 heavy (non-hydrogen) atoms. The number of benzene rings is 1. The second-order valence-electron chi connectivity index (χ2n) is 7.73. The molecule has 0 amide bonds. The van der Waals surface area contributed by atoms with Crippen molar-refractivity contribution in [1.29, 1.82) is 0 Å². The molecule has 0 radical (unpaired) electrons. The average Bonchev–Trinajstić information content (AvgIpc) is 2.92. The molecule has 1 fully saturated rings. The van der Waals surface area contributed by atoms with E-state index in [1.54, 1.807) is 0 Å². The maximum atomic E-state index is 13.2. The topological polar surface area (TPSA) is 57.8 Å². The highest BCUT2D eigenvalue weighted by molar-refractivity contribution is 6.41. The van der Waals surface area contributed by atoms with Crippen LogP contribution in [0.3, 0.4) is 0 Å². The molecule has 1 saturated heterocycles. The van der Waals surface area contributed by atoms with Crippen LogP contribution in [-0.4, -0.2) is 39.4 Å². The first-order valence-electron chi connectivity index (χ1n) is 9.34. The number of carbonyl (C=O) groups excluding carboxylic acids is 1. The summed E-state index contributed by atoms with van der Waals surface area (Å²) in [6.45, 7) is 4.41. The van der Waals surface area contributed by atoms with E-state index in [1.807, 2.05) is 22.8 Å². The van der Waals surface area contributed by atoms with Crippen molar-refractivity contribution >= 4 is 22.5 Å². The third-order valence-corrected chi connectivity index (χ3v) is 6.52. The zero-order valence-electron chi connectivity index (χ0n) is 14.5. The van der Waals surface area contributed by atoms with Crippen molar-refractivity contribution in [2.75, 3.05) is 13.1 Å². The number of para-hydroxylation sites is 1. The Morgan fingerprint density at radius 3 is 2.96 bits per heavy atom. The van der Waals surface area contributed by atoms with Gasteiger partial charge in [0.25, 0.3) is 5.91 Å². The van der Waals surface area contributed by atoms with Crippen LogP contribution in [0, 0.1) is 11.8 Å². The number of fused-ring (bicyclic) bond motifs is 3. The van der Waals surface area contributed by atoms with Gasteiger partial charge in [-0.3, -0.25) is 14.3 Å². The van der Waals surface area contributed by atoms with Gasteiger partial charge in [-0.25, -0.2) is 0 Å². The fourth-order valence-corrected chi connectivity index (χ4v) is 5.41. The summed E-state index contributed by atoms with van der Waals surface area (Å²) >= 11 is 0. The second kappa shape index (κ2) is 5.43. The number of nitrogens with zero attached hydrogens (tertiary/aromatic N) is 3. The van der Waals surface area contributed by atoms with Crippen molar-refractivity contribution in [1.82, 2.24) is 9.47 Å². The third kappa shape index (κ3) is 1.99. The molecule has 130 valence electrons. The van der Waals surface area contributed by atoms with Gasteiger partial charge in [-0.05, 0) is 36.3 Å². The van der Waals surface area contributed by atoms with Crippen molar-refractivity contribution < 1.29 is 10.0 Å². The van der Waals surface area contributed by atoms with E-state index in [9.17, 15) is 10.0 Å². The second-order valence-corrected chi connectivity index (χ2v) is 7.73. The molecule has 3 atom stereocenters. The number of hydrogen-bond donors (Lipinski definition) is 1. The molecular weight excluding hydrogens is 314 g/mol. The fraction of sp³-hybridized carbons (Fsp3) is 0.500. The van der Waals surface area contributed by atoms with Gasteiger partial charge in [-0.15, -0.1) is 0 Å². The highest BCUT2D eigenvalue weighted by Gasteiger charge is 2.46. The monoisotopic (exact) mass is 337 g/mol. The highest BCUT2D eigenvalue weighted by Crippen LogP contribution is 2.48. The quantitative estimate of drug-likeness (QED) is 0.640. The summed E-state index contributed by atoms with van der Waals surface area (Å²) in [6.07, 6.45) is 3.82. The number of aromatic nitrogens is 1. The van der Waals surface area contributed by atoms with Crippen molar-refractivity contribution in [2.45, 2.75) is 38.6 Å². The van der Waals surface area contributed by atoms with Crippen molar-refractivity contribution in [3.63, 3.8) is 0 Å². The third-order valence-electron chi connectivity index (χ3n) is 6.52. The molecular formula is C20H23N3O2. The molecule has 3 aliphatic heterocycles. The first-order chi connectivity index (χ1) is 12.2. The van der Waals surface area contributed by atoms with Crippen LogP contribution in [0.2, 0.25) is 0 Å². The highest BCUT2D eigenvalue weighted by atomic mass is 16.4. The Balaban J connectivity index is 1.80. The van der Waals surface area contributed by atoms with Gasteiger partial charge in [-0.2, -0.15) is 0 Å². The average molecular weight is 337 g/mol. The molecule has 0 unspecified atom stereocenters. The van der Waals surface area contributed by atoms with Gasteiger partial charge in [0.1, 0.15) is 5.71 Å². The van der Waals surface area contributed by atoms with E-state index in [-0.39, 0.29) is 11.9 Å². The van der Waals surface area contributed by atoms with Gasteiger partial charge < -0.3 is 5.21 Å². The molecule has 5 heteroatoms. The van der Waals surface area contributed by atoms with Crippen LogP contribution in [0.1, 0.15) is 48.3 Å². The molecule has 3 aliphatic rings. The summed E-state index contributed by atoms with van der Waals surface area (Å²) in [7, 11) is 0. The van der Waals surface area contributed by atoms with Gasteiger partial charge in [0, 0.05) is 30.6 Å². The van der Waals surface area contributed by atoms with E-state index in [0.717, 1.165) is 43.6 Å². The van der Waals surface area contributed by atoms with Crippen LogP contribution in [0.5, 0.6) is 0 Å². The Hall–Kier alpha value is -2.14. The lowest BCUT2D eigenvalue weighted by Crippen LogP contribution is -2.46. The fourth-order valence-electron chi connectivity index (χ4n) is 5.41. The minimum absolute atomic E-state index is 0.149. The normalized spacial score (nSPS) is 30.5. The maximum Gasteiger partial charge on any atom is 0.280 e. The molecule has 1 aromatic heterocycles. The molecule has 4 heterocycles. The predicted molar refractivity (Wildman–Crippen MR) is 96.3 cm³/mol. The summed E-state index contributed by atoms with van der Waals surface area (Å²) in [6, 6.07) is 8.43. The van der Waals surface area contributed by atoms with Crippen LogP contribution < -0.4 is 0 Å². The molecule has 2 aromatic rings. The lowest BCUT2D eigenvalue weighted by atomic mass is 9.76. The molecule has 1 aromatic carbocycles. The number of carbonyl (C=O) groups is 1. The molecule has 1 N–H and O–H groups in total. The number of piperidine rings is 1. The van der Waals surface area contributed by atoms with Crippen molar-refractivity contribution in [3.8, 4) is 0 Å². The maximum absolute atomic E-state index is 13.2. The van der Waals surface area contributed by atoms with E-state index in [1.165, 1.54) is 10.9 Å². The van der Waals surface area contributed by atoms with E-state index in [2.05, 4.69) is 23.0 Å². The minimum atomic E-state index is -0.149. The van der Waals surface area contributed by atoms with E-state index in [4.69, 9.17) is 0 Å². The van der Waals surface area contributed by atoms with Gasteiger partial charge in [-0.1, -0.05) is 36.7 Å². The largest absolute Gasteiger partial charge is 0.410 e. The summed E-state index contributed by atoms with van der Waals surface area (Å²) in [5.74, 6) is 0.858. The number of hydrogen-bond acceptors (Lipinski definition) is 4. The van der Waals surface area contributed by atoms with Gasteiger partial charge in [0.15, 0.2) is 0 Å². The van der Waals surface area contributed by atoms with Gasteiger partial charge in [0.05, 0.1) is 11.6 Å². The lowest BCUT2D eigenvalue weighted by molar-refractivity contribution is 0.0458. The molecule has 0 spiro atoms. The first-order valence-corrected chi connectivity index (χ1v) is 9.34. The molecule has 0 saturated carbocycles. The molecule has 0 bridgehead atoms. The number of oxime groups is 1. The Labute approximate surface area is 146 Å². The Kier molecular flexibility index (Phi) is 3.29. The van der Waals surface area contributed by atoms with E-state index >= 15 is 0 Å². The Bertz CT molecular complexity index is 898. The van der Waals surface area contributed by atoms with E-state index < -0.39 is 0 Å². The van der Waals surface area contributed by atoms with Gasteiger partial charge >= 0.3 is 0 Å². The minimum Gasteiger partial charge on any atom is -0.410 e. The van der Waals surface area contributed by atoms with Crippen LogP contribution in [0.4, 0.5) is 0 Å². The standard InChI is InChI=1S/C20H23N3O2/c1-2-12-9-13-10-16(21-25)20(24)23-17-6-4-3-5-14(17)15-7-8-22(11-12)18(13)19(15)23/h3-6,12-13,18,25H,2,7-11H2,1H3/b21-16-/t12-,13+,18+/m0/s1. The molecule has 0 aliphatic carbocycles. The first kappa shape index (κ1) is 15.1. The predicted octanol–water partition coefficient (Wildman–Crippen LogP) is 3.46. The van der Waals surface area contributed by atoms with E-state index in [0.29, 0.717) is 24.0 Å². The van der Waals surface area contributed by atoms with Crippen LogP contribution >= 0.6 is 0 Å². The van der Waals surface area contributed by atoms with Crippen LogP contribution in [0.15, 0.2) is 29.4 Å².